The number of rotatable bonds is 8. The van der Waals surface area contributed by atoms with Gasteiger partial charge in [0.1, 0.15) is 11.4 Å². The summed E-state index contributed by atoms with van der Waals surface area (Å²) in [4.78, 5) is 31.0. The standard InChI is InChI=1S/C31H31N3O3/c1-2-37-27-15-13-25(14-16-27)28-23-26-12-6-7-18-34(26)29(28)30(35)31(36)33-21-19-32(20-22-33)17-8-11-24-9-4-3-5-10-24/h3-16,18,23H,2,17,19-22H2,1H3/b11-8+. The zero-order chi connectivity index (χ0) is 25.6. The lowest BCUT2D eigenvalue weighted by molar-refractivity contribution is -0.128. The number of benzene rings is 2. The van der Waals surface area contributed by atoms with E-state index in [4.69, 9.17) is 4.74 Å². The van der Waals surface area contributed by atoms with Crippen LogP contribution in [-0.2, 0) is 4.79 Å². The third kappa shape index (κ3) is 5.49. The molecule has 5 rings (SSSR count). The Labute approximate surface area is 217 Å². The van der Waals surface area contributed by atoms with Gasteiger partial charge in [-0.2, -0.15) is 0 Å². The van der Waals surface area contributed by atoms with Gasteiger partial charge in [0.2, 0.25) is 0 Å². The Bertz CT molecular complexity index is 1400. The second-order valence-electron chi connectivity index (χ2n) is 9.09. The number of nitrogens with zero attached hydrogens (tertiary/aromatic N) is 3. The van der Waals surface area contributed by atoms with Gasteiger partial charge in [0.25, 0.3) is 11.7 Å². The number of piperazine rings is 1. The molecule has 0 aliphatic carbocycles. The number of hydrogen-bond donors (Lipinski definition) is 0. The Kier molecular flexibility index (Phi) is 7.47. The highest BCUT2D eigenvalue weighted by molar-refractivity contribution is 6.43. The lowest BCUT2D eigenvalue weighted by Gasteiger charge is -2.33. The van der Waals surface area contributed by atoms with Gasteiger partial charge in [0, 0.05) is 50.0 Å². The topological polar surface area (TPSA) is 54.3 Å². The highest BCUT2D eigenvalue weighted by Gasteiger charge is 2.30. The predicted octanol–water partition coefficient (Wildman–Crippen LogP) is 5.05. The fraction of sp³-hybridized carbons (Fsp3) is 0.226. The summed E-state index contributed by atoms with van der Waals surface area (Å²) >= 11 is 0. The van der Waals surface area contributed by atoms with Gasteiger partial charge in [-0.15, -0.1) is 0 Å². The quantitative estimate of drug-likeness (QED) is 0.255. The van der Waals surface area contributed by atoms with Crippen molar-refractivity contribution in [2.75, 3.05) is 39.3 Å². The van der Waals surface area contributed by atoms with Crippen molar-refractivity contribution in [2.24, 2.45) is 0 Å². The first-order valence-electron chi connectivity index (χ1n) is 12.7. The first kappa shape index (κ1) is 24.5. The Morgan fingerprint density at radius 3 is 2.35 bits per heavy atom. The molecule has 0 spiro atoms. The Morgan fingerprint density at radius 2 is 1.62 bits per heavy atom. The molecule has 0 radical (unpaired) electrons. The van der Waals surface area contributed by atoms with Gasteiger partial charge in [-0.3, -0.25) is 14.5 Å². The molecule has 188 valence electrons. The summed E-state index contributed by atoms with van der Waals surface area (Å²) < 4.78 is 7.38. The molecular weight excluding hydrogens is 462 g/mol. The van der Waals surface area contributed by atoms with E-state index in [1.807, 2.05) is 84.3 Å². The molecule has 1 aliphatic rings. The second-order valence-corrected chi connectivity index (χ2v) is 9.09. The SMILES string of the molecule is CCOc1ccc(-c2cc3ccccn3c2C(=O)C(=O)N2CCN(C/C=C/c3ccccc3)CC2)cc1. The van der Waals surface area contributed by atoms with E-state index in [9.17, 15) is 9.59 Å². The molecule has 0 N–H and O–H groups in total. The summed E-state index contributed by atoms with van der Waals surface area (Å²) in [6, 6.07) is 25.6. The number of fused-ring (bicyclic) bond motifs is 1. The van der Waals surface area contributed by atoms with Crippen molar-refractivity contribution in [3.63, 3.8) is 0 Å². The van der Waals surface area contributed by atoms with E-state index in [1.165, 1.54) is 5.56 Å². The average molecular weight is 494 g/mol. The number of amides is 1. The van der Waals surface area contributed by atoms with E-state index in [2.05, 4.69) is 29.2 Å². The summed E-state index contributed by atoms with van der Waals surface area (Å²) in [5.74, 6) is -0.154. The second kappa shape index (κ2) is 11.3. The van der Waals surface area contributed by atoms with Crippen LogP contribution >= 0.6 is 0 Å². The number of Topliss-reactive ketones (excluding diaryl/α,β-unsaturated/α-hetero) is 1. The fourth-order valence-electron chi connectivity index (χ4n) is 4.75. The summed E-state index contributed by atoms with van der Waals surface area (Å²) in [7, 11) is 0. The zero-order valence-corrected chi connectivity index (χ0v) is 21.0. The lowest BCUT2D eigenvalue weighted by Crippen LogP contribution is -2.50. The van der Waals surface area contributed by atoms with Crippen LogP contribution in [0.3, 0.4) is 0 Å². The van der Waals surface area contributed by atoms with Gasteiger partial charge in [-0.05, 0) is 48.4 Å². The molecule has 1 aliphatic heterocycles. The molecule has 6 heteroatoms. The molecule has 0 atom stereocenters. The number of pyridine rings is 1. The molecule has 1 amide bonds. The van der Waals surface area contributed by atoms with Crippen molar-refractivity contribution in [2.45, 2.75) is 6.92 Å². The molecular formula is C31H31N3O3. The number of ether oxygens (including phenoxy) is 1. The van der Waals surface area contributed by atoms with Crippen LogP contribution in [0.5, 0.6) is 5.75 Å². The molecule has 3 heterocycles. The Hall–Kier alpha value is -4.16. The Morgan fingerprint density at radius 1 is 0.892 bits per heavy atom. The molecule has 1 saturated heterocycles. The normalized spacial score (nSPS) is 14.4. The number of carbonyl (C=O) groups is 2. The largest absolute Gasteiger partial charge is 0.494 e. The van der Waals surface area contributed by atoms with Crippen LogP contribution in [0.1, 0.15) is 23.0 Å². The zero-order valence-electron chi connectivity index (χ0n) is 21.0. The molecule has 37 heavy (non-hydrogen) atoms. The van der Waals surface area contributed by atoms with Gasteiger partial charge in [0.15, 0.2) is 0 Å². The van der Waals surface area contributed by atoms with Gasteiger partial charge in [0.05, 0.1) is 6.61 Å². The van der Waals surface area contributed by atoms with Crippen molar-refractivity contribution < 1.29 is 14.3 Å². The minimum Gasteiger partial charge on any atom is -0.494 e. The Balaban J connectivity index is 1.30. The molecule has 1 fully saturated rings. The summed E-state index contributed by atoms with van der Waals surface area (Å²) in [6.45, 7) is 5.88. The molecule has 6 nitrogen and oxygen atoms in total. The van der Waals surface area contributed by atoms with Crippen LogP contribution in [0.2, 0.25) is 0 Å². The summed E-state index contributed by atoms with van der Waals surface area (Å²) in [5.41, 5.74) is 4.07. The van der Waals surface area contributed by atoms with Gasteiger partial charge < -0.3 is 14.0 Å². The van der Waals surface area contributed by atoms with E-state index < -0.39 is 11.7 Å². The minimum absolute atomic E-state index is 0.401. The molecule has 2 aromatic heterocycles. The van der Waals surface area contributed by atoms with Crippen molar-refractivity contribution in [1.29, 1.82) is 0 Å². The number of aromatic nitrogens is 1. The number of hydrogen-bond acceptors (Lipinski definition) is 4. The monoisotopic (exact) mass is 493 g/mol. The van der Waals surface area contributed by atoms with Crippen LogP contribution in [0.15, 0.2) is 91.1 Å². The van der Waals surface area contributed by atoms with Crippen LogP contribution in [0, 0.1) is 0 Å². The average Bonchev–Trinajstić information content (AvgIpc) is 3.33. The first-order valence-corrected chi connectivity index (χ1v) is 12.7. The lowest BCUT2D eigenvalue weighted by atomic mass is 10.0. The smallest absolute Gasteiger partial charge is 0.296 e. The van der Waals surface area contributed by atoms with E-state index in [0.29, 0.717) is 25.4 Å². The molecule has 0 saturated carbocycles. The third-order valence-electron chi connectivity index (χ3n) is 6.70. The first-order chi connectivity index (χ1) is 18.1. The van der Waals surface area contributed by atoms with Crippen LogP contribution in [0.25, 0.3) is 22.7 Å². The third-order valence-corrected chi connectivity index (χ3v) is 6.70. The van der Waals surface area contributed by atoms with E-state index in [0.717, 1.165) is 42.0 Å². The molecule has 2 aromatic carbocycles. The van der Waals surface area contributed by atoms with Crippen molar-refractivity contribution in [1.82, 2.24) is 14.2 Å². The fourth-order valence-corrected chi connectivity index (χ4v) is 4.75. The van der Waals surface area contributed by atoms with Gasteiger partial charge in [-0.25, -0.2) is 0 Å². The molecule has 0 unspecified atom stereocenters. The van der Waals surface area contributed by atoms with Crippen molar-refractivity contribution in [3.8, 4) is 16.9 Å². The molecule has 4 aromatic rings. The maximum atomic E-state index is 13.6. The number of ketones is 1. The van der Waals surface area contributed by atoms with Crippen LogP contribution < -0.4 is 4.74 Å². The highest BCUT2D eigenvalue weighted by atomic mass is 16.5. The van der Waals surface area contributed by atoms with Crippen molar-refractivity contribution >= 4 is 23.3 Å². The van der Waals surface area contributed by atoms with Crippen LogP contribution in [-0.4, -0.2) is 65.2 Å². The molecule has 0 bridgehead atoms. The van der Waals surface area contributed by atoms with E-state index in [-0.39, 0.29) is 0 Å². The maximum Gasteiger partial charge on any atom is 0.296 e. The van der Waals surface area contributed by atoms with E-state index >= 15 is 0 Å². The van der Waals surface area contributed by atoms with E-state index in [1.54, 1.807) is 4.90 Å². The van der Waals surface area contributed by atoms with Gasteiger partial charge in [-0.1, -0.05) is 60.7 Å². The summed E-state index contributed by atoms with van der Waals surface area (Å²) in [5, 5.41) is 0. The predicted molar refractivity (Wildman–Crippen MR) is 147 cm³/mol. The van der Waals surface area contributed by atoms with Crippen molar-refractivity contribution in [3.05, 3.63) is 102 Å². The minimum atomic E-state index is -0.479. The van der Waals surface area contributed by atoms with Crippen LogP contribution in [0.4, 0.5) is 0 Å². The number of carbonyl (C=O) groups excluding carboxylic acids is 2. The summed E-state index contributed by atoms with van der Waals surface area (Å²) in [6.07, 6.45) is 6.10. The maximum absolute atomic E-state index is 13.6. The van der Waals surface area contributed by atoms with Gasteiger partial charge >= 0.3 is 0 Å². The highest BCUT2D eigenvalue weighted by Crippen LogP contribution is 2.30.